The van der Waals surface area contributed by atoms with E-state index in [1.54, 1.807) is 0 Å². The summed E-state index contributed by atoms with van der Waals surface area (Å²) >= 11 is 0. The molecule has 0 aliphatic heterocycles. The molecule has 0 aliphatic carbocycles. The van der Waals surface area contributed by atoms with E-state index in [4.69, 9.17) is 18.6 Å². The van der Waals surface area contributed by atoms with E-state index in [1.165, 1.54) is 0 Å². The maximum Gasteiger partial charge on any atom is 0.192 e. The Balaban J connectivity index is 1.85. The minimum atomic E-state index is -2.00. The van der Waals surface area contributed by atoms with Gasteiger partial charge in [0.25, 0.3) is 0 Å². The van der Waals surface area contributed by atoms with Gasteiger partial charge in [-0.15, -0.1) is 0 Å². The van der Waals surface area contributed by atoms with Crippen LogP contribution in [0.15, 0.2) is 91.0 Å². The van der Waals surface area contributed by atoms with Gasteiger partial charge in [0.15, 0.2) is 8.32 Å². The van der Waals surface area contributed by atoms with Crippen LogP contribution in [0.2, 0.25) is 18.1 Å². The molecule has 0 spiro atoms. The fraction of sp³-hybridized carbons (Fsp3) is 0.455. The maximum absolute atomic E-state index is 6.71. The molecule has 0 saturated heterocycles. The molecule has 5 heteroatoms. The van der Waals surface area contributed by atoms with E-state index in [1.807, 2.05) is 54.6 Å². The Morgan fingerprint density at radius 3 is 1.39 bits per heavy atom. The number of benzene rings is 3. The van der Waals surface area contributed by atoms with Crippen molar-refractivity contribution in [3.8, 4) is 0 Å². The maximum atomic E-state index is 6.71. The van der Waals surface area contributed by atoms with Gasteiger partial charge in [0.05, 0.1) is 32.5 Å². The lowest BCUT2D eigenvalue weighted by molar-refractivity contribution is -0.160. The Bertz CT molecular complexity index is 1030. The van der Waals surface area contributed by atoms with Crippen LogP contribution in [0, 0.1) is 0 Å². The van der Waals surface area contributed by atoms with Gasteiger partial charge in [-0.3, -0.25) is 0 Å². The highest BCUT2D eigenvalue weighted by Gasteiger charge is 2.40. The third kappa shape index (κ3) is 9.48. The van der Waals surface area contributed by atoms with Crippen molar-refractivity contribution in [2.45, 2.75) is 90.4 Å². The Labute approximate surface area is 231 Å². The largest absolute Gasteiger partial charge is 0.414 e. The van der Waals surface area contributed by atoms with E-state index in [0.29, 0.717) is 26.4 Å². The Kier molecular flexibility index (Phi) is 11.8. The van der Waals surface area contributed by atoms with Crippen LogP contribution < -0.4 is 0 Å². The molecule has 0 fully saturated rings. The van der Waals surface area contributed by atoms with Crippen molar-refractivity contribution in [1.29, 1.82) is 0 Å². The minimum absolute atomic E-state index is 0.103. The molecule has 206 valence electrons. The average molecular weight is 535 g/mol. The first-order valence-electron chi connectivity index (χ1n) is 13.8. The van der Waals surface area contributed by atoms with Gasteiger partial charge in [0.2, 0.25) is 0 Å². The molecule has 0 radical (unpaired) electrons. The number of hydrogen-bond donors (Lipinski definition) is 0. The minimum Gasteiger partial charge on any atom is -0.414 e. The molecule has 0 bridgehead atoms. The summed E-state index contributed by atoms with van der Waals surface area (Å²) in [7, 11) is -2.00. The molecule has 3 aromatic rings. The monoisotopic (exact) mass is 534 g/mol. The van der Waals surface area contributed by atoms with Crippen LogP contribution >= 0.6 is 0 Å². The van der Waals surface area contributed by atoms with Crippen molar-refractivity contribution < 1.29 is 18.6 Å². The van der Waals surface area contributed by atoms with Gasteiger partial charge in [0.1, 0.15) is 12.2 Å². The molecule has 0 N–H and O–H groups in total. The van der Waals surface area contributed by atoms with Crippen LogP contribution in [0.5, 0.6) is 0 Å². The van der Waals surface area contributed by atoms with Crippen molar-refractivity contribution in [3.05, 3.63) is 108 Å². The highest BCUT2D eigenvalue weighted by Crippen LogP contribution is 2.37. The molecular formula is C33H46O4Si. The molecule has 0 aromatic heterocycles. The molecule has 3 rings (SSSR count). The first-order valence-corrected chi connectivity index (χ1v) is 16.7. The quantitative estimate of drug-likeness (QED) is 0.184. The summed E-state index contributed by atoms with van der Waals surface area (Å²) in [4.78, 5) is 0. The van der Waals surface area contributed by atoms with E-state index in [9.17, 15) is 0 Å². The molecule has 3 atom stereocenters. The fourth-order valence-electron chi connectivity index (χ4n) is 3.97. The number of rotatable bonds is 15. The van der Waals surface area contributed by atoms with Crippen molar-refractivity contribution in [3.63, 3.8) is 0 Å². The second-order valence-electron chi connectivity index (χ2n) is 11.4. The van der Waals surface area contributed by atoms with Crippen LogP contribution in [0.4, 0.5) is 0 Å². The summed E-state index contributed by atoms with van der Waals surface area (Å²) < 4.78 is 26.5. The van der Waals surface area contributed by atoms with E-state index in [-0.39, 0.29) is 23.4 Å². The van der Waals surface area contributed by atoms with Gasteiger partial charge in [-0.25, -0.2) is 0 Å². The Hall–Kier alpha value is -2.28. The standard InChI is InChI=1S/C33H46O4Si/c1-7-30(34-23-27-17-11-8-12-18-27)32(36-25-29-21-15-10-16-22-29)31(26-37-38(5,6)33(2,3)4)35-24-28-19-13-9-14-20-28/h8-22,30-32H,7,23-26H2,1-6H3/t30-,31+,32-/m0/s1. The lowest BCUT2D eigenvalue weighted by Gasteiger charge is -2.39. The lowest BCUT2D eigenvalue weighted by Crippen LogP contribution is -2.49. The molecule has 0 amide bonds. The van der Waals surface area contributed by atoms with Crippen molar-refractivity contribution in [2.75, 3.05) is 6.61 Å². The van der Waals surface area contributed by atoms with Crippen LogP contribution in [0.25, 0.3) is 0 Å². The van der Waals surface area contributed by atoms with Crippen LogP contribution in [-0.2, 0) is 38.5 Å². The third-order valence-corrected chi connectivity index (χ3v) is 11.9. The molecule has 0 saturated carbocycles. The number of ether oxygens (including phenoxy) is 3. The van der Waals surface area contributed by atoms with Gasteiger partial charge >= 0.3 is 0 Å². The van der Waals surface area contributed by atoms with Crippen molar-refractivity contribution in [2.24, 2.45) is 0 Å². The van der Waals surface area contributed by atoms with Gasteiger partial charge in [-0.2, -0.15) is 0 Å². The average Bonchev–Trinajstić information content (AvgIpc) is 2.92. The second-order valence-corrected chi connectivity index (χ2v) is 16.2. The molecular weight excluding hydrogens is 488 g/mol. The summed E-state index contributed by atoms with van der Waals surface area (Å²) in [5.41, 5.74) is 3.40. The zero-order valence-electron chi connectivity index (χ0n) is 24.1. The molecule has 4 nitrogen and oxygen atoms in total. The highest BCUT2D eigenvalue weighted by molar-refractivity contribution is 6.74. The van der Waals surface area contributed by atoms with Crippen LogP contribution in [0.1, 0.15) is 50.8 Å². The summed E-state index contributed by atoms with van der Waals surface area (Å²) in [5.74, 6) is 0. The van der Waals surface area contributed by atoms with Crippen LogP contribution in [0.3, 0.4) is 0 Å². The zero-order valence-corrected chi connectivity index (χ0v) is 25.1. The van der Waals surface area contributed by atoms with Crippen molar-refractivity contribution in [1.82, 2.24) is 0 Å². The molecule has 3 aromatic carbocycles. The predicted molar refractivity (Wildman–Crippen MR) is 158 cm³/mol. The normalized spacial score (nSPS) is 14.7. The predicted octanol–water partition coefficient (Wildman–Crippen LogP) is 8.17. The van der Waals surface area contributed by atoms with Gasteiger partial charge in [-0.1, -0.05) is 119 Å². The molecule has 0 unspecified atom stereocenters. The number of hydrogen-bond acceptors (Lipinski definition) is 4. The third-order valence-electron chi connectivity index (χ3n) is 7.45. The first kappa shape index (κ1) is 30.3. The van der Waals surface area contributed by atoms with E-state index in [2.05, 4.69) is 77.2 Å². The smallest absolute Gasteiger partial charge is 0.192 e. The summed E-state index contributed by atoms with van der Waals surface area (Å²) in [6, 6.07) is 30.9. The van der Waals surface area contributed by atoms with E-state index >= 15 is 0 Å². The molecule has 0 heterocycles. The molecule has 38 heavy (non-hydrogen) atoms. The topological polar surface area (TPSA) is 36.9 Å². The highest BCUT2D eigenvalue weighted by atomic mass is 28.4. The van der Waals surface area contributed by atoms with Crippen molar-refractivity contribution >= 4 is 8.32 Å². The van der Waals surface area contributed by atoms with Crippen LogP contribution in [-0.4, -0.2) is 33.2 Å². The Morgan fingerprint density at radius 1 is 0.605 bits per heavy atom. The molecule has 0 aliphatic rings. The first-order chi connectivity index (χ1) is 18.2. The Morgan fingerprint density at radius 2 is 1.00 bits per heavy atom. The van der Waals surface area contributed by atoms with Gasteiger partial charge < -0.3 is 18.6 Å². The van der Waals surface area contributed by atoms with E-state index in [0.717, 1.165) is 23.1 Å². The lowest BCUT2D eigenvalue weighted by atomic mass is 10.0. The zero-order chi connectivity index (χ0) is 27.4. The SMILES string of the molecule is CC[C@H](OCc1ccccc1)[C@H](OCc1ccccc1)[C@@H](CO[Si](C)(C)C(C)(C)C)OCc1ccccc1. The fourth-order valence-corrected chi connectivity index (χ4v) is 4.98. The summed E-state index contributed by atoms with van der Waals surface area (Å²) in [5, 5.41) is 0.103. The second kappa shape index (κ2) is 14.8. The summed E-state index contributed by atoms with van der Waals surface area (Å²) in [6.07, 6.45) is 0.0753. The van der Waals surface area contributed by atoms with Gasteiger partial charge in [0, 0.05) is 0 Å². The van der Waals surface area contributed by atoms with E-state index < -0.39 is 8.32 Å². The summed E-state index contributed by atoms with van der Waals surface area (Å²) in [6.45, 7) is 15.5. The van der Waals surface area contributed by atoms with Gasteiger partial charge in [-0.05, 0) is 41.2 Å².